The summed E-state index contributed by atoms with van der Waals surface area (Å²) in [7, 11) is 1.71. The minimum absolute atomic E-state index is 0.0520. The van der Waals surface area contributed by atoms with Gasteiger partial charge in [0.25, 0.3) is 0 Å². The molecule has 3 rings (SSSR count). The second kappa shape index (κ2) is 7.04. The molecule has 3 heterocycles. The molecule has 1 N–H and O–H groups in total. The van der Waals surface area contributed by atoms with E-state index in [9.17, 15) is 0 Å². The molecule has 2 atom stereocenters. The van der Waals surface area contributed by atoms with E-state index in [1.165, 1.54) is 4.88 Å². The molecule has 1 aliphatic rings. The largest absolute Gasteiger partial charge is 0.383 e. The lowest BCUT2D eigenvalue weighted by molar-refractivity contribution is 0.164. The number of ether oxygens (including phenoxy) is 1. The van der Waals surface area contributed by atoms with Gasteiger partial charge in [-0.15, -0.1) is 11.3 Å². The van der Waals surface area contributed by atoms with E-state index in [0.29, 0.717) is 6.61 Å². The fourth-order valence-corrected chi connectivity index (χ4v) is 4.54. The molecule has 22 heavy (non-hydrogen) atoms. The van der Waals surface area contributed by atoms with Crippen LogP contribution in [0.15, 0.2) is 40.3 Å². The highest BCUT2D eigenvalue weighted by Gasteiger charge is 2.40. The number of thiocarbonyl (C=S) groups is 1. The second-order valence-corrected chi connectivity index (χ2v) is 7.84. The molecule has 1 fully saturated rings. The van der Waals surface area contributed by atoms with Crippen molar-refractivity contribution in [1.29, 1.82) is 0 Å². The molecule has 0 radical (unpaired) electrons. The maximum atomic E-state index is 5.54. The van der Waals surface area contributed by atoms with E-state index >= 15 is 0 Å². The van der Waals surface area contributed by atoms with Gasteiger partial charge in [0.2, 0.25) is 0 Å². The van der Waals surface area contributed by atoms with E-state index in [0.717, 1.165) is 21.1 Å². The Labute approximate surface area is 147 Å². The Morgan fingerprint density at radius 1 is 1.41 bits per heavy atom. The molecule has 0 saturated carbocycles. The molecule has 0 amide bonds. The highest BCUT2D eigenvalue weighted by molar-refractivity contribution is 9.11. The van der Waals surface area contributed by atoms with Crippen molar-refractivity contribution in [3.63, 3.8) is 0 Å². The summed E-state index contributed by atoms with van der Waals surface area (Å²) in [6, 6.07) is 10.4. The van der Waals surface area contributed by atoms with Crippen molar-refractivity contribution in [2.24, 2.45) is 0 Å². The number of hydrogen-bond acceptors (Lipinski definition) is 4. The summed E-state index contributed by atoms with van der Waals surface area (Å²) in [5.41, 5.74) is 0.999. The van der Waals surface area contributed by atoms with Crippen LogP contribution in [0.2, 0.25) is 0 Å². The topological polar surface area (TPSA) is 37.4 Å². The zero-order valence-electron chi connectivity index (χ0n) is 12.0. The molecule has 1 saturated heterocycles. The second-order valence-electron chi connectivity index (χ2n) is 4.95. The predicted octanol–water partition coefficient (Wildman–Crippen LogP) is 3.52. The lowest BCUT2D eigenvalue weighted by Gasteiger charge is -2.26. The minimum Gasteiger partial charge on any atom is -0.383 e. The molecule has 4 nitrogen and oxygen atoms in total. The number of halogens is 1. The summed E-state index contributed by atoms with van der Waals surface area (Å²) in [6.45, 7) is 1.39. The van der Waals surface area contributed by atoms with E-state index in [2.05, 4.69) is 43.3 Å². The molecule has 0 aromatic carbocycles. The van der Waals surface area contributed by atoms with E-state index in [1.54, 1.807) is 18.4 Å². The summed E-state index contributed by atoms with van der Waals surface area (Å²) >= 11 is 10.8. The Morgan fingerprint density at radius 3 is 2.91 bits per heavy atom. The standard InChI is InChI=1S/C15H16BrN3OS2/c1-20-9-8-19-14(11-5-6-12(16)22-11)13(18-15(19)21)10-4-2-3-7-17-10/h2-7,13-14H,8-9H2,1H3,(H,18,21)/t13-,14+/m1/s1. The first-order valence-electron chi connectivity index (χ1n) is 6.93. The maximum absolute atomic E-state index is 5.54. The first-order valence-corrected chi connectivity index (χ1v) is 8.94. The van der Waals surface area contributed by atoms with Crippen molar-refractivity contribution < 1.29 is 4.74 Å². The number of nitrogens with one attached hydrogen (secondary N) is 1. The Morgan fingerprint density at radius 2 is 2.27 bits per heavy atom. The zero-order valence-corrected chi connectivity index (χ0v) is 15.2. The molecule has 116 valence electrons. The average Bonchev–Trinajstić information content (AvgIpc) is 3.09. The number of thiophene rings is 1. The molecule has 1 aliphatic heterocycles. The highest BCUT2D eigenvalue weighted by atomic mass is 79.9. The SMILES string of the molecule is COCCN1C(=S)N[C@H](c2ccccn2)[C@@H]1c1ccc(Br)s1. The molecule has 0 unspecified atom stereocenters. The van der Waals surface area contributed by atoms with Crippen molar-refractivity contribution in [2.45, 2.75) is 12.1 Å². The van der Waals surface area contributed by atoms with Crippen molar-refractivity contribution in [2.75, 3.05) is 20.3 Å². The normalized spacial score (nSPS) is 21.2. The third kappa shape index (κ3) is 3.17. The van der Waals surface area contributed by atoms with Crippen LogP contribution in [0.1, 0.15) is 22.7 Å². The van der Waals surface area contributed by atoms with Crippen molar-refractivity contribution >= 4 is 44.6 Å². The number of nitrogens with zero attached hydrogens (tertiary/aromatic N) is 2. The van der Waals surface area contributed by atoms with Crippen LogP contribution in [0.25, 0.3) is 0 Å². The number of pyridine rings is 1. The first kappa shape index (κ1) is 15.9. The van der Waals surface area contributed by atoms with E-state index in [-0.39, 0.29) is 12.1 Å². The van der Waals surface area contributed by atoms with Crippen molar-refractivity contribution in [3.8, 4) is 0 Å². The summed E-state index contributed by atoms with van der Waals surface area (Å²) in [6.07, 6.45) is 1.82. The highest BCUT2D eigenvalue weighted by Crippen LogP contribution is 2.41. The van der Waals surface area contributed by atoms with Crippen LogP contribution in [0, 0.1) is 0 Å². The Balaban J connectivity index is 1.96. The van der Waals surface area contributed by atoms with Gasteiger partial charge in [0.05, 0.1) is 28.2 Å². The maximum Gasteiger partial charge on any atom is 0.170 e. The van der Waals surface area contributed by atoms with Crippen molar-refractivity contribution in [3.05, 3.63) is 50.9 Å². The first-order chi connectivity index (χ1) is 10.7. The minimum atomic E-state index is 0.0520. The van der Waals surface area contributed by atoms with E-state index in [1.807, 2.05) is 24.4 Å². The fourth-order valence-electron chi connectivity index (χ4n) is 2.63. The summed E-state index contributed by atoms with van der Waals surface area (Å²) in [5, 5.41) is 4.17. The van der Waals surface area contributed by atoms with Crippen LogP contribution in [-0.4, -0.2) is 35.3 Å². The van der Waals surface area contributed by atoms with Crippen LogP contribution < -0.4 is 5.32 Å². The van der Waals surface area contributed by atoms with Gasteiger partial charge in [0, 0.05) is 24.7 Å². The summed E-state index contributed by atoms with van der Waals surface area (Å²) < 4.78 is 6.35. The monoisotopic (exact) mass is 397 g/mol. The van der Waals surface area contributed by atoms with Gasteiger partial charge in [-0.1, -0.05) is 6.07 Å². The van der Waals surface area contributed by atoms with Crippen LogP contribution in [-0.2, 0) is 4.74 Å². The smallest absolute Gasteiger partial charge is 0.170 e. The fraction of sp³-hybridized carbons (Fsp3) is 0.333. The Hall–Kier alpha value is -1.02. The van der Waals surface area contributed by atoms with Crippen LogP contribution in [0.4, 0.5) is 0 Å². The van der Waals surface area contributed by atoms with Gasteiger partial charge in [-0.25, -0.2) is 0 Å². The van der Waals surface area contributed by atoms with Crippen molar-refractivity contribution in [1.82, 2.24) is 15.2 Å². The van der Waals surface area contributed by atoms with Gasteiger partial charge in [-0.2, -0.15) is 0 Å². The average molecular weight is 398 g/mol. The molecular formula is C15H16BrN3OS2. The van der Waals surface area contributed by atoms with Gasteiger partial charge in [0.15, 0.2) is 5.11 Å². The molecular weight excluding hydrogens is 382 g/mol. The quantitative estimate of drug-likeness (QED) is 0.781. The molecule has 0 bridgehead atoms. The third-order valence-corrected chi connectivity index (χ3v) is 5.67. The molecule has 2 aromatic rings. The van der Waals surface area contributed by atoms with Crippen LogP contribution in [0.3, 0.4) is 0 Å². The summed E-state index contributed by atoms with van der Waals surface area (Å²) in [5.74, 6) is 0. The lowest BCUT2D eigenvalue weighted by Crippen LogP contribution is -2.32. The number of rotatable bonds is 5. The predicted molar refractivity (Wildman–Crippen MR) is 96.1 cm³/mol. The van der Waals surface area contributed by atoms with Gasteiger partial charge >= 0.3 is 0 Å². The lowest BCUT2D eigenvalue weighted by atomic mass is 10.0. The van der Waals surface area contributed by atoms with Gasteiger partial charge < -0.3 is 15.0 Å². The molecule has 0 aliphatic carbocycles. The molecule has 0 spiro atoms. The zero-order chi connectivity index (χ0) is 15.5. The molecule has 7 heteroatoms. The number of hydrogen-bond donors (Lipinski definition) is 1. The molecule has 2 aromatic heterocycles. The number of methoxy groups -OCH3 is 1. The van der Waals surface area contributed by atoms with Gasteiger partial charge in [-0.05, 0) is 52.4 Å². The van der Waals surface area contributed by atoms with E-state index in [4.69, 9.17) is 17.0 Å². The summed E-state index contributed by atoms with van der Waals surface area (Å²) in [4.78, 5) is 7.95. The Bertz CT molecular complexity index is 649. The van der Waals surface area contributed by atoms with Crippen LogP contribution >= 0.6 is 39.5 Å². The van der Waals surface area contributed by atoms with Crippen LogP contribution in [0.5, 0.6) is 0 Å². The number of aromatic nitrogens is 1. The Kier molecular flexibility index (Phi) is 5.07. The van der Waals surface area contributed by atoms with Gasteiger partial charge in [-0.3, -0.25) is 4.98 Å². The third-order valence-electron chi connectivity index (χ3n) is 3.62. The van der Waals surface area contributed by atoms with E-state index < -0.39 is 0 Å². The van der Waals surface area contributed by atoms with Gasteiger partial charge in [0.1, 0.15) is 0 Å².